The number of aryl methyl sites for hydroxylation is 1. The number of carbonyl (C=O) groups is 1. The third-order valence-corrected chi connectivity index (χ3v) is 4.86. The summed E-state index contributed by atoms with van der Waals surface area (Å²) in [6.07, 6.45) is 3.31. The Balaban J connectivity index is 0. The van der Waals surface area contributed by atoms with Gasteiger partial charge in [0.05, 0.1) is 12.5 Å². The molecule has 0 spiro atoms. The van der Waals surface area contributed by atoms with Crippen LogP contribution in [0, 0.1) is 59.2 Å². The zero-order chi connectivity index (χ0) is 19.5. The van der Waals surface area contributed by atoms with E-state index in [4.69, 9.17) is 4.74 Å². The second-order valence-corrected chi connectivity index (χ2v) is 6.76. The SMILES string of the molecule is C.CC.CCCCC(C)OC(=O)Cc1ccccc1N=c1s[c-]c(C)n1C.[Yb]. The van der Waals surface area contributed by atoms with Gasteiger partial charge in [0.2, 0.25) is 0 Å². The van der Waals surface area contributed by atoms with Gasteiger partial charge in [-0.25, -0.2) is 0 Å². The molecule has 2 aromatic rings. The standard InChI is InChI=1S/C19H25N2O2S.C2H6.CH4.Yb/c1-5-6-9-15(3)23-18(22)12-16-10-7-8-11-17(16)20-19-21(4)14(2)13-24-19;1-2;;/h7-8,10-11,15H,5-6,9,12H2,1-4H3;1-2H3;1H4;/q-1;;;. The summed E-state index contributed by atoms with van der Waals surface area (Å²) in [5.41, 5.74) is 2.73. The summed E-state index contributed by atoms with van der Waals surface area (Å²) in [5, 5.41) is 3.18. The molecule has 0 saturated carbocycles. The summed E-state index contributed by atoms with van der Waals surface area (Å²) in [6.45, 7) is 10.1. The van der Waals surface area contributed by atoms with Gasteiger partial charge in [-0.15, -0.1) is 0 Å². The van der Waals surface area contributed by atoms with Crippen LogP contribution in [-0.4, -0.2) is 16.6 Å². The van der Waals surface area contributed by atoms with Crippen molar-refractivity contribution in [3.63, 3.8) is 0 Å². The minimum atomic E-state index is -0.195. The third-order valence-electron chi connectivity index (χ3n) is 3.92. The fraction of sp³-hybridized carbons (Fsp3) is 0.545. The van der Waals surface area contributed by atoms with Crippen molar-refractivity contribution in [1.29, 1.82) is 0 Å². The Morgan fingerprint density at radius 3 is 2.54 bits per heavy atom. The van der Waals surface area contributed by atoms with Crippen molar-refractivity contribution in [1.82, 2.24) is 4.57 Å². The van der Waals surface area contributed by atoms with Gasteiger partial charge < -0.3 is 25.6 Å². The molecule has 1 aromatic heterocycles. The maximum absolute atomic E-state index is 12.2. The van der Waals surface area contributed by atoms with Gasteiger partial charge in [-0.1, -0.05) is 64.9 Å². The number of unbranched alkanes of at least 4 members (excludes halogenated alkanes) is 1. The van der Waals surface area contributed by atoms with Gasteiger partial charge >= 0.3 is 5.97 Å². The largest absolute Gasteiger partial charge is 0.462 e. The van der Waals surface area contributed by atoms with Gasteiger partial charge in [0.1, 0.15) is 0 Å². The molecule has 0 saturated heterocycles. The first-order valence-corrected chi connectivity index (χ1v) is 10.2. The molecule has 1 unspecified atom stereocenters. The summed E-state index contributed by atoms with van der Waals surface area (Å²) in [5.74, 6) is -0.195. The molecule has 0 aliphatic rings. The number of ether oxygens (including phenoxy) is 1. The van der Waals surface area contributed by atoms with E-state index in [1.54, 1.807) is 0 Å². The van der Waals surface area contributed by atoms with E-state index in [1.165, 1.54) is 11.3 Å². The number of para-hydroxylation sites is 1. The molecule has 0 fully saturated rings. The van der Waals surface area contributed by atoms with Crippen molar-refractivity contribution in [3.8, 4) is 0 Å². The predicted octanol–water partition coefficient (Wildman–Crippen LogP) is 5.75. The van der Waals surface area contributed by atoms with Crippen LogP contribution in [0.15, 0.2) is 29.3 Å². The molecule has 0 bridgehead atoms. The number of nitrogens with zero attached hydrogens (tertiary/aromatic N) is 2. The summed E-state index contributed by atoms with van der Waals surface area (Å²) in [6, 6.07) is 7.72. The number of benzene rings is 1. The van der Waals surface area contributed by atoms with Crippen LogP contribution in [0.5, 0.6) is 0 Å². The van der Waals surface area contributed by atoms with Gasteiger partial charge in [-0.3, -0.25) is 4.79 Å². The average Bonchev–Trinajstić information content (AvgIpc) is 2.95. The Hall–Kier alpha value is -0.361. The van der Waals surface area contributed by atoms with Crippen LogP contribution >= 0.6 is 11.3 Å². The molecule has 2 rings (SSSR count). The van der Waals surface area contributed by atoms with Gasteiger partial charge in [0.25, 0.3) is 0 Å². The zero-order valence-corrected chi connectivity index (χ0v) is 19.6. The van der Waals surface area contributed by atoms with Crippen LogP contribution in [-0.2, 0) is 23.0 Å². The molecule has 4 nitrogen and oxygen atoms in total. The number of hydrogen-bond donors (Lipinski definition) is 0. The van der Waals surface area contributed by atoms with Crippen LogP contribution in [0.25, 0.3) is 0 Å². The van der Waals surface area contributed by atoms with Crippen molar-refractivity contribution >= 4 is 23.0 Å². The van der Waals surface area contributed by atoms with Crippen molar-refractivity contribution in [2.24, 2.45) is 12.0 Å². The Bertz CT molecular complexity index is 753. The minimum Gasteiger partial charge on any atom is -0.462 e. The van der Waals surface area contributed by atoms with E-state index in [0.29, 0.717) is 0 Å². The number of hydrogen-bond acceptors (Lipinski definition) is 4. The first-order valence-electron chi connectivity index (χ1n) is 9.37. The van der Waals surface area contributed by atoms with E-state index in [2.05, 4.69) is 17.3 Å². The van der Waals surface area contributed by atoms with E-state index in [0.717, 1.165) is 41.0 Å². The van der Waals surface area contributed by atoms with Crippen LogP contribution < -0.4 is 4.80 Å². The molecule has 28 heavy (non-hydrogen) atoms. The maximum Gasteiger partial charge on any atom is 0.310 e. The number of rotatable bonds is 7. The molecular formula is C22H35N2O2SYb-. The number of thiazole rings is 1. The second-order valence-electron chi connectivity index (χ2n) is 5.99. The normalized spacial score (nSPS) is 11.4. The average molecular weight is 565 g/mol. The fourth-order valence-corrected chi connectivity index (χ4v) is 3.14. The van der Waals surface area contributed by atoms with E-state index < -0.39 is 0 Å². The van der Waals surface area contributed by atoms with E-state index >= 15 is 0 Å². The molecule has 0 aliphatic carbocycles. The first-order chi connectivity index (χ1) is 12.5. The third kappa shape index (κ3) is 9.91. The molecule has 1 heterocycles. The zero-order valence-electron chi connectivity index (χ0n) is 17.1. The van der Waals surface area contributed by atoms with Gasteiger partial charge in [-0.2, -0.15) is 5.38 Å². The number of aromatic nitrogens is 1. The topological polar surface area (TPSA) is 43.6 Å². The summed E-state index contributed by atoms with van der Waals surface area (Å²) >= 11 is 1.47. The van der Waals surface area contributed by atoms with Gasteiger partial charge in [0.15, 0.2) is 0 Å². The summed E-state index contributed by atoms with van der Waals surface area (Å²) < 4.78 is 7.49. The van der Waals surface area contributed by atoms with E-state index in [9.17, 15) is 4.79 Å². The molecule has 1 aromatic carbocycles. The van der Waals surface area contributed by atoms with Gasteiger partial charge in [0, 0.05) is 57.4 Å². The number of esters is 1. The molecule has 0 N–H and O–H groups in total. The minimum absolute atomic E-state index is 0. The molecule has 166 valence electrons. The monoisotopic (exact) mass is 565 g/mol. The van der Waals surface area contributed by atoms with Crippen molar-refractivity contribution in [2.45, 2.75) is 73.8 Å². The molecule has 1 atom stereocenters. The Labute approximate surface area is 213 Å². The van der Waals surface area contributed by atoms with E-state index in [-0.39, 0.29) is 72.8 Å². The predicted molar refractivity (Wildman–Crippen MR) is 115 cm³/mol. The Morgan fingerprint density at radius 2 is 1.96 bits per heavy atom. The van der Waals surface area contributed by atoms with Crippen LogP contribution in [0.3, 0.4) is 0 Å². The van der Waals surface area contributed by atoms with Crippen molar-refractivity contribution in [2.75, 3.05) is 0 Å². The molecule has 0 amide bonds. The van der Waals surface area contributed by atoms with Crippen LogP contribution in [0.2, 0.25) is 0 Å². The summed E-state index contributed by atoms with van der Waals surface area (Å²) in [4.78, 5) is 17.7. The van der Waals surface area contributed by atoms with Gasteiger partial charge in [-0.05, 0) is 38.9 Å². The molecular weight excluding hydrogens is 529 g/mol. The van der Waals surface area contributed by atoms with Crippen molar-refractivity contribution in [3.05, 3.63) is 45.7 Å². The quantitative estimate of drug-likeness (QED) is 0.317. The molecule has 0 aliphatic heterocycles. The second kappa shape index (κ2) is 16.4. The molecule has 6 heteroatoms. The maximum atomic E-state index is 12.2. The van der Waals surface area contributed by atoms with Crippen LogP contribution in [0.4, 0.5) is 5.69 Å². The Morgan fingerprint density at radius 1 is 1.32 bits per heavy atom. The first kappa shape index (κ1) is 29.8. The smallest absolute Gasteiger partial charge is 0.310 e. The summed E-state index contributed by atoms with van der Waals surface area (Å²) in [7, 11) is 1.97. The Kier molecular flexibility index (Phi) is 17.5. The number of carbonyl (C=O) groups excluding carboxylic acids is 1. The molecule has 0 radical (unpaired) electrons. The van der Waals surface area contributed by atoms with Crippen LogP contribution in [0.1, 0.15) is 65.6 Å². The van der Waals surface area contributed by atoms with Crippen molar-refractivity contribution < 1.29 is 56.5 Å². The van der Waals surface area contributed by atoms with E-state index in [1.807, 2.05) is 63.6 Å². The fourth-order valence-electron chi connectivity index (χ4n) is 2.34.